The number of hydrogen-bond donors (Lipinski definition) is 2. The first-order chi connectivity index (χ1) is 8.96. The van der Waals surface area contributed by atoms with Gasteiger partial charge in [0.1, 0.15) is 0 Å². The minimum Gasteiger partial charge on any atom is -0.385 e. The molecule has 3 nitrogen and oxygen atoms in total. The molecule has 0 bridgehead atoms. The molecule has 1 aromatic carbocycles. The first-order valence-corrected chi connectivity index (χ1v) is 7.11. The van der Waals surface area contributed by atoms with E-state index >= 15 is 0 Å². The van der Waals surface area contributed by atoms with E-state index in [0.717, 1.165) is 37.9 Å². The molecule has 19 heavy (non-hydrogen) atoms. The number of aryl methyl sites for hydroxylation is 1. The number of carbonyl (C=O) groups excluding carboxylic acids is 1. The second kappa shape index (κ2) is 5.64. The molecule has 0 fully saturated rings. The minimum atomic E-state index is 0.0395. The highest BCUT2D eigenvalue weighted by atomic mass is 16.1. The highest BCUT2D eigenvalue weighted by molar-refractivity contribution is 5.94. The summed E-state index contributed by atoms with van der Waals surface area (Å²) in [6.07, 6.45) is 3.19. The first kappa shape index (κ1) is 13.9. The Bertz CT molecular complexity index is 460. The van der Waals surface area contributed by atoms with Crippen LogP contribution in [0.1, 0.15) is 49.5 Å². The van der Waals surface area contributed by atoms with Crippen LogP contribution in [0.15, 0.2) is 18.2 Å². The average Bonchev–Trinajstić information content (AvgIpc) is 2.36. The van der Waals surface area contributed by atoms with Crippen molar-refractivity contribution in [3.8, 4) is 0 Å². The fraction of sp³-hybridized carbons (Fsp3) is 0.562. The van der Waals surface area contributed by atoms with Crippen molar-refractivity contribution in [2.45, 2.75) is 40.0 Å². The van der Waals surface area contributed by atoms with Crippen molar-refractivity contribution in [3.05, 3.63) is 29.3 Å². The van der Waals surface area contributed by atoms with Crippen molar-refractivity contribution in [2.75, 3.05) is 18.4 Å². The third-order valence-electron chi connectivity index (χ3n) is 3.47. The minimum absolute atomic E-state index is 0.0395. The van der Waals surface area contributed by atoms with Gasteiger partial charge in [-0.15, -0.1) is 0 Å². The fourth-order valence-electron chi connectivity index (χ4n) is 2.27. The molecule has 0 radical (unpaired) electrons. The second-order valence-electron chi connectivity index (χ2n) is 6.47. The van der Waals surface area contributed by atoms with Crippen LogP contribution < -0.4 is 10.6 Å². The first-order valence-electron chi connectivity index (χ1n) is 7.11. The summed E-state index contributed by atoms with van der Waals surface area (Å²) in [7, 11) is 0. The Labute approximate surface area is 115 Å². The number of hydrogen-bond acceptors (Lipinski definition) is 2. The van der Waals surface area contributed by atoms with E-state index in [1.165, 1.54) is 11.3 Å². The van der Waals surface area contributed by atoms with Gasteiger partial charge < -0.3 is 10.6 Å². The normalized spacial score (nSPS) is 14.5. The quantitative estimate of drug-likeness (QED) is 0.876. The van der Waals surface area contributed by atoms with Crippen molar-refractivity contribution in [2.24, 2.45) is 5.41 Å². The van der Waals surface area contributed by atoms with Gasteiger partial charge in [-0.25, -0.2) is 0 Å². The van der Waals surface area contributed by atoms with Crippen LogP contribution in [0.3, 0.4) is 0 Å². The Hall–Kier alpha value is -1.51. The van der Waals surface area contributed by atoms with Crippen molar-refractivity contribution in [3.63, 3.8) is 0 Å². The van der Waals surface area contributed by atoms with E-state index in [1.807, 2.05) is 18.2 Å². The molecular formula is C16H24N2O. The van der Waals surface area contributed by atoms with Crippen LogP contribution in [0.5, 0.6) is 0 Å². The average molecular weight is 260 g/mol. The van der Waals surface area contributed by atoms with Gasteiger partial charge in [0, 0.05) is 24.3 Å². The summed E-state index contributed by atoms with van der Waals surface area (Å²) in [4.78, 5) is 12.1. The highest BCUT2D eigenvalue weighted by Crippen LogP contribution is 2.23. The van der Waals surface area contributed by atoms with E-state index in [9.17, 15) is 4.79 Å². The van der Waals surface area contributed by atoms with Crippen molar-refractivity contribution >= 4 is 11.6 Å². The largest absolute Gasteiger partial charge is 0.385 e. The Morgan fingerprint density at radius 1 is 1.37 bits per heavy atom. The Morgan fingerprint density at radius 3 is 2.89 bits per heavy atom. The van der Waals surface area contributed by atoms with Crippen molar-refractivity contribution in [1.82, 2.24) is 5.32 Å². The maximum atomic E-state index is 12.1. The van der Waals surface area contributed by atoms with Crippen molar-refractivity contribution < 1.29 is 4.79 Å². The zero-order valence-corrected chi connectivity index (χ0v) is 12.2. The third-order valence-corrected chi connectivity index (χ3v) is 3.47. The van der Waals surface area contributed by atoms with E-state index in [2.05, 4.69) is 31.4 Å². The summed E-state index contributed by atoms with van der Waals surface area (Å²) in [6, 6.07) is 5.95. The number of nitrogens with one attached hydrogen (secondary N) is 2. The van der Waals surface area contributed by atoms with E-state index < -0.39 is 0 Å². The van der Waals surface area contributed by atoms with Gasteiger partial charge >= 0.3 is 0 Å². The van der Waals surface area contributed by atoms with Crippen LogP contribution in [-0.2, 0) is 6.42 Å². The van der Waals surface area contributed by atoms with Crippen LogP contribution in [0, 0.1) is 5.41 Å². The predicted molar refractivity (Wildman–Crippen MR) is 79.7 cm³/mol. The number of carbonyl (C=O) groups is 1. The molecule has 0 spiro atoms. The summed E-state index contributed by atoms with van der Waals surface area (Å²) in [5, 5.41) is 6.36. The van der Waals surface area contributed by atoms with E-state index in [-0.39, 0.29) is 11.3 Å². The molecule has 0 atom stereocenters. The second-order valence-corrected chi connectivity index (χ2v) is 6.47. The molecule has 0 saturated carbocycles. The smallest absolute Gasteiger partial charge is 0.251 e. The molecule has 3 heteroatoms. The molecule has 0 saturated heterocycles. The van der Waals surface area contributed by atoms with Crippen LogP contribution in [0.2, 0.25) is 0 Å². The molecule has 1 aromatic rings. The lowest BCUT2D eigenvalue weighted by Gasteiger charge is -2.19. The predicted octanol–water partition coefficient (Wildman–Crippen LogP) is 3.21. The van der Waals surface area contributed by atoms with Gasteiger partial charge in [0.2, 0.25) is 0 Å². The van der Waals surface area contributed by atoms with Gasteiger partial charge in [-0.1, -0.05) is 20.8 Å². The van der Waals surface area contributed by atoms with E-state index in [4.69, 9.17) is 0 Å². The number of benzene rings is 1. The standard InChI is InChI=1S/C16H24N2O/c1-16(2,3)8-10-18-15(19)13-6-7-14-12(11-13)5-4-9-17-14/h6-7,11,17H,4-5,8-10H2,1-3H3,(H,18,19). The molecule has 1 heterocycles. The molecule has 2 rings (SSSR count). The topological polar surface area (TPSA) is 41.1 Å². The Balaban J connectivity index is 1.96. The van der Waals surface area contributed by atoms with Gasteiger partial charge in [0.15, 0.2) is 0 Å². The van der Waals surface area contributed by atoms with Gasteiger partial charge in [0.25, 0.3) is 5.91 Å². The molecule has 1 aliphatic rings. The summed E-state index contributed by atoms with van der Waals surface area (Å²) in [6.45, 7) is 8.32. The van der Waals surface area contributed by atoms with Gasteiger partial charge in [0.05, 0.1) is 0 Å². The lowest BCUT2D eigenvalue weighted by molar-refractivity contribution is 0.0949. The summed E-state index contributed by atoms with van der Waals surface area (Å²) >= 11 is 0. The maximum Gasteiger partial charge on any atom is 0.251 e. The lowest BCUT2D eigenvalue weighted by atomic mass is 9.92. The SMILES string of the molecule is CC(C)(C)CCNC(=O)c1ccc2c(c1)CCCN2. The zero-order chi connectivity index (χ0) is 13.9. The number of rotatable bonds is 3. The Morgan fingerprint density at radius 2 is 2.16 bits per heavy atom. The van der Waals surface area contributed by atoms with Crippen LogP contribution in [0.25, 0.3) is 0 Å². The summed E-state index contributed by atoms with van der Waals surface area (Å²) in [5.41, 5.74) is 3.47. The third kappa shape index (κ3) is 3.98. The van der Waals surface area contributed by atoms with Crippen LogP contribution in [-0.4, -0.2) is 19.0 Å². The van der Waals surface area contributed by atoms with Crippen LogP contribution >= 0.6 is 0 Å². The lowest BCUT2D eigenvalue weighted by Crippen LogP contribution is -2.27. The number of fused-ring (bicyclic) bond motifs is 1. The van der Waals surface area contributed by atoms with Gasteiger partial charge in [-0.05, 0) is 48.4 Å². The summed E-state index contributed by atoms with van der Waals surface area (Å²) in [5.74, 6) is 0.0395. The number of anilines is 1. The molecule has 104 valence electrons. The fourth-order valence-corrected chi connectivity index (χ4v) is 2.27. The van der Waals surface area contributed by atoms with E-state index in [1.54, 1.807) is 0 Å². The molecular weight excluding hydrogens is 236 g/mol. The molecule has 0 aromatic heterocycles. The zero-order valence-electron chi connectivity index (χ0n) is 12.2. The van der Waals surface area contributed by atoms with Crippen LogP contribution in [0.4, 0.5) is 5.69 Å². The molecule has 2 N–H and O–H groups in total. The van der Waals surface area contributed by atoms with Gasteiger partial charge in [-0.3, -0.25) is 4.79 Å². The number of amides is 1. The maximum absolute atomic E-state index is 12.1. The molecule has 0 unspecified atom stereocenters. The van der Waals surface area contributed by atoms with E-state index in [0.29, 0.717) is 0 Å². The molecule has 1 amide bonds. The van der Waals surface area contributed by atoms with Gasteiger partial charge in [-0.2, -0.15) is 0 Å². The van der Waals surface area contributed by atoms with Crippen molar-refractivity contribution in [1.29, 1.82) is 0 Å². The Kier molecular flexibility index (Phi) is 4.13. The molecule has 0 aliphatic carbocycles. The monoisotopic (exact) mass is 260 g/mol. The molecule has 1 aliphatic heterocycles. The highest BCUT2D eigenvalue weighted by Gasteiger charge is 2.14. The summed E-state index contributed by atoms with van der Waals surface area (Å²) < 4.78 is 0.